The number of nitrogens with one attached hydrogen (secondary N) is 2. The summed E-state index contributed by atoms with van der Waals surface area (Å²) in [6, 6.07) is 7.53. The van der Waals surface area contributed by atoms with E-state index in [0.717, 1.165) is 17.7 Å². The zero-order chi connectivity index (χ0) is 13.6. The summed E-state index contributed by atoms with van der Waals surface area (Å²) in [4.78, 5) is 11.9. The lowest BCUT2D eigenvalue weighted by atomic mass is 10.0. The molecular formula is C14H22N2O2. The highest BCUT2D eigenvalue weighted by molar-refractivity contribution is 5.85. The molecule has 4 heteroatoms. The minimum absolute atomic E-state index is 0.0180. The van der Waals surface area contributed by atoms with Crippen LogP contribution in [0, 0.1) is 0 Å². The summed E-state index contributed by atoms with van der Waals surface area (Å²) < 4.78 is 0. The quantitative estimate of drug-likeness (QED) is 0.710. The van der Waals surface area contributed by atoms with Gasteiger partial charge in [0.05, 0.1) is 12.1 Å². The lowest BCUT2D eigenvalue weighted by Crippen LogP contribution is -2.52. The minimum atomic E-state index is -0.556. The molecule has 1 rings (SSSR count). The second kappa shape index (κ2) is 6.52. The van der Waals surface area contributed by atoms with Gasteiger partial charge in [-0.25, -0.2) is 0 Å². The van der Waals surface area contributed by atoms with Gasteiger partial charge >= 0.3 is 0 Å². The van der Waals surface area contributed by atoms with Gasteiger partial charge in [0.1, 0.15) is 0 Å². The van der Waals surface area contributed by atoms with Crippen LogP contribution in [-0.4, -0.2) is 23.1 Å². The first-order chi connectivity index (χ1) is 8.49. The molecule has 0 radical (unpaired) electrons. The highest BCUT2D eigenvalue weighted by atomic mass is 16.3. The Morgan fingerprint density at radius 2 is 1.78 bits per heavy atom. The Kier molecular flexibility index (Phi) is 5.31. The summed E-state index contributed by atoms with van der Waals surface area (Å²) >= 11 is 0. The van der Waals surface area contributed by atoms with Crippen molar-refractivity contribution in [2.45, 2.75) is 39.5 Å². The third kappa shape index (κ3) is 4.13. The van der Waals surface area contributed by atoms with E-state index in [0.29, 0.717) is 6.54 Å². The van der Waals surface area contributed by atoms with Crippen molar-refractivity contribution in [3.8, 4) is 0 Å². The average Bonchev–Trinajstić information content (AvgIpc) is 2.36. The molecule has 18 heavy (non-hydrogen) atoms. The Hall–Kier alpha value is -1.39. The number of amides is 1. The first-order valence-corrected chi connectivity index (χ1v) is 6.21. The van der Waals surface area contributed by atoms with Crippen LogP contribution in [0.25, 0.3) is 0 Å². The molecular weight excluding hydrogens is 228 g/mol. The van der Waals surface area contributed by atoms with E-state index in [-0.39, 0.29) is 12.5 Å². The van der Waals surface area contributed by atoms with Crippen molar-refractivity contribution in [2.24, 2.45) is 0 Å². The second-order valence-electron chi connectivity index (χ2n) is 4.81. The van der Waals surface area contributed by atoms with E-state index >= 15 is 0 Å². The first-order valence-electron chi connectivity index (χ1n) is 6.21. The van der Waals surface area contributed by atoms with Crippen molar-refractivity contribution in [3.63, 3.8) is 0 Å². The molecule has 100 valence electrons. The molecule has 0 heterocycles. The third-order valence-electron chi connectivity index (χ3n) is 2.84. The molecule has 0 aliphatic heterocycles. The van der Waals surface area contributed by atoms with Crippen molar-refractivity contribution < 1.29 is 9.90 Å². The lowest BCUT2D eigenvalue weighted by Gasteiger charge is -2.24. The number of hydrogen-bond acceptors (Lipinski definition) is 3. The summed E-state index contributed by atoms with van der Waals surface area (Å²) in [7, 11) is 0. The molecule has 1 aromatic rings. The number of carbonyl (C=O) groups is 1. The fraction of sp³-hybridized carbons (Fsp3) is 0.500. The smallest absolute Gasteiger partial charge is 0.239 e. The van der Waals surface area contributed by atoms with Crippen LogP contribution in [0.4, 0.5) is 0 Å². The van der Waals surface area contributed by atoms with E-state index in [2.05, 4.69) is 10.6 Å². The fourth-order valence-corrected chi connectivity index (χ4v) is 1.69. The van der Waals surface area contributed by atoms with Gasteiger partial charge in [0.2, 0.25) is 5.91 Å². The second-order valence-corrected chi connectivity index (χ2v) is 4.81. The monoisotopic (exact) mass is 250 g/mol. The molecule has 0 saturated heterocycles. The number of hydrogen-bond donors (Lipinski definition) is 3. The van der Waals surface area contributed by atoms with Gasteiger partial charge in [0, 0.05) is 6.54 Å². The van der Waals surface area contributed by atoms with Crippen LogP contribution < -0.4 is 10.6 Å². The fourth-order valence-electron chi connectivity index (χ4n) is 1.69. The van der Waals surface area contributed by atoms with Gasteiger partial charge in [0.15, 0.2) is 0 Å². The van der Waals surface area contributed by atoms with E-state index in [9.17, 15) is 4.79 Å². The van der Waals surface area contributed by atoms with Gasteiger partial charge in [-0.2, -0.15) is 0 Å². The normalized spacial score (nSPS) is 11.3. The van der Waals surface area contributed by atoms with Crippen molar-refractivity contribution >= 4 is 5.91 Å². The van der Waals surface area contributed by atoms with Crippen LogP contribution in [0.3, 0.4) is 0 Å². The summed E-state index contributed by atoms with van der Waals surface area (Å²) in [5.74, 6) is -0.0180. The molecule has 0 atom stereocenters. The van der Waals surface area contributed by atoms with Crippen LogP contribution in [0.1, 0.15) is 31.9 Å². The van der Waals surface area contributed by atoms with Crippen molar-refractivity contribution in [3.05, 3.63) is 35.4 Å². The topological polar surface area (TPSA) is 61.4 Å². The maximum Gasteiger partial charge on any atom is 0.239 e. The predicted molar refractivity (Wildman–Crippen MR) is 72.0 cm³/mol. The molecule has 0 bridgehead atoms. The summed E-state index contributed by atoms with van der Waals surface area (Å²) in [5.41, 5.74) is 1.34. The Morgan fingerprint density at radius 1 is 1.22 bits per heavy atom. The summed E-state index contributed by atoms with van der Waals surface area (Å²) in [5, 5.41) is 15.0. The van der Waals surface area contributed by atoms with Crippen LogP contribution in [0.15, 0.2) is 24.3 Å². The standard InChI is InChI=1S/C14H22N2O2/c1-4-16-14(2,3)13(18)15-9-11-5-7-12(10-17)8-6-11/h5-8,16-17H,4,9-10H2,1-3H3,(H,15,18). The van der Waals surface area contributed by atoms with Crippen molar-refractivity contribution in [1.29, 1.82) is 0 Å². The van der Waals surface area contributed by atoms with E-state index in [1.807, 2.05) is 45.0 Å². The first kappa shape index (κ1) is 14.7. The van der Waals surface area contributed by atoms with Gasteiger partial charge in [0.25, 0.3) is 0 Å². The molecule has 0 aromatic heterocycles. The van der Waals surface area contributed by atoms with Crippen LogP contribution in [-0.2, 0) is 17.9 Å². The van der Waals surface area contributed by atoms with Crippen molar-refractivity contribution in [2.75, 3.05) is 6.54 Å². The Labute approximate surface area is 108 Å². The molecule has 4 nitrogen and oxygen atoms in total. The maximum absolute atomic E-state index is 11.9. The Bertz CT molecular complexity index is 385. The molecule has 0 saturated carbocycles. The van der Waals surface area contributed by atoms with Gasteiger partial charge in [-0.15, -0.1) is 0 Å². The third-order valence-corrected chi connectivity index (χ3v) is 2.84. The predicted octanol–water partition coefficient (Wildman–Crippen LogP) is 1.18. The number of carbonyl (C=O) groups excluding carboxylic acids is 1. The van der Waals surface area contributed by atoms with Gasteiger partial charge < -0.3 is 15.7 Å². The number of aliphatic hydroxyl groups is 1. The number of benzene rings is 1. The zero-order valence-electron chi connectivity index (χ0n) is 11.3. The summed E-state index contributed by atoms with van der Waals surface area (Å²) in [6.07, 6.45) is 0. The van der Waals surface area contributed by atoms with Crippen LogP contribution in [0.5, 0.6) is 0 Å². The van der Waals surface area contributed by atoms with Gasteiger partial charge in [-0.3, -0.25) is 4.79 Å². The lowest BCUT2D eigenvalue weighted by molar-refractivity contribution is -0.126. The maximum atomic E-state index is 11.9. The van der Waals surface area contributed by atoms with E-state index in [4.69, 9.17) is 5.11 Å². The molecule has 1 amide bonds. The molecule has 0 aliphatic carbocycles. The molecule has 3 N–H and O–H groups in total. The number of rotatable bonds is 6. The molecule has 0 spiro atoms. The van der Waals surface area contributed by atoms with Crippen molar-refractivity contribution in [1.82, 2.24) is 10.6 Å². The van der Waals surface area contributed by atoms with E-state index in [1.54, 1.807) is 0 Å². The molecule has 0 unspecified atom stereocenters. The van der Waals surface area contributed by atoms with Gasteiger partial charge in [-0.05, 0) is 31.5 Å². The number of aliphatic hydroxyl groups excluding tert-OH is 1. The van der Waals surface area contributed by atoms with Gasteiger partial charge in [-0.1, -0.05) is 31.2 Å². The average molecular weight is 250 g/mol. The van der Waals surface area contributed by atoms with E-state index in [1.165, 1.54) is 0 Å². The van der Waals surface area contributed by atoms with Crippen LogP contribution >= 0.6 is 0 Å². The largest absolute Gasteiger partial charge is 0.392 e. The molecule has 1 aromatic carbocycles. The van der Waals surface area contributed by atoms with E-state index < -0.39 is 5.54 Å². The SMILES string of the molecule is CCNC(C)(C)C(=O)NCc1ccc(CO)cc1. The summed E-state index contributed by atoms with van der Waals surface area (Å²) in [6.45, 7) is 7.00. The zero-order valence-corrected chi connectivity index (χ0v) is 11.3. The molecule has 0 fully saturated rings. The Balaban J connectivity index is 2.51. The minimum Gasteiger partial charge on any atom is -0.392 e. The Morgan fingerprint density at radius 3 is 2.28 bits per heavy atom. The highest BCUT2D eigenvalue weighted by Crippen LogP contribution is 2.06. The number of likely N-dealkylation sites (N-methyl/N-ethyl adjacent to an activating group) is 1. The molecule has 0 aliphatic rings. The van der Waals surface area contributed by atoms with Crippen LogP contribution in [0.2, 0.25) is 0 Å². The highest BCUT2D eigenvalue weighted by Gasteiger charge is 2.25.